The number of thioether (sulfide) groups is 1. The molecule has 1 aromatic heterocycles. The third-order valence-electron chi connectivity index (χ3n) is 2.93. The Morgan fingerprint density at radius 1 is 1.22 bits per heavy atom. The van der Waals surface area contributed by atoms with Gasteiger partial charge in [0.2, 0.25) is 0 Å². The first-order valence-corrected chi connectivity index (χ1v) is 7.26. The highest BCUT2D eigenvalue weighted by molar-refractivity contribution is 7.98. The van der Waals surface area contributed by atoms with E-state index in [1.807, 2.05) is 23.9 Å². The molecule has 0 saturated heterocycles. The van der Waals surface area contributed by atoms with Crippen molar-refractivity contribution in [3.63, 3.8) is 0 Å². The third-order valence-corrected chi connectivity index (χ3v) is 4.07. The Kier molecular flexibility index (Phi) is 4.90. The number of furan rings is 1. The molecule has 2 aromatic rings. The van der Waals surface area contributed by atoms with Gasteiger partial charge >= 0.3 is 0 Å². The summed E-state index contributed by atoms with van der Waals surface area (Å²) in [6.07, 6.45) is 3.67. The Labute approximate surface area is 113 Å². The first-order chi connectivity index (χ1) is 8.79. The molecule has 1 atom stereocenters. The first-order valence-electron chi connectivity index (χ1n) is 6.28. The van der Waals surface area contributed by atoms with Gasteiger partial charge in [0.15, 0.2) is 0 Å². The highest BCUT2D eigenvalue weighted by Crippen LogP contribution is 2.27. The second-order valence-electron chi connectivity index (χ2n) is 4.35. The van der Waals surface area contributed by atoms with Gasteiger partial charge in [0.1, 0.15) is 5.76 Å². The Morgan fingerprint density at radius 2 is 2.06 bits per heavy atom. The summed E-state index contributed by atoms with van der Waals surface area (Å²) >= 11 is 1.81. The van der Waals surface area contributed by atoms with E-state index in [2.05, 4.69) is 31.2 Å². The second-order valence-corrected chi connectivity index (χ2v) is 5.37. The van der Waals surface area contributed by atoms with Crippen LogP contribution in [0.2, 0.25) is 0 Å². The molecule has 2 nitrogen and oxygen atoms in total. The Bertz CT molecular complexity index is 467. The summed E-state index contributed by atoms with van der Waals surface area (Å²) in [4.78, 5) is 1.30. The van der Waals surface area contributed by atoms with Gasteiger partial charge in [-0.1, -0.05) is 25.1 Å². The van der Waals surface area contributed by atoms with Crippen molar-refractivity contribution in [1.82, 2.24) is 0 Å². The van der Waals surface area contributed by atoms with E-state index in [0.29, 0.717) is 0 Å². The van der Waals surface area contributed by atoms with E-state index in [1.165, 1.54) is 10.5 Å². The minimum atomic E-state index is 0.246. The number of nitrogens with two attached hydrogens (primary N) is 1. The highest BCUT2D eigenvalue weighted by Gasteiger charge is 2.07. The van der Waals surface area contributed by atoms with E-state index in [4.69, 9.17) is 10.2 Å². The van der Waals surface area contributed by atoms with E-state index >= 15 is 0 Å². The molecule has 0 bridgehead atoms. The molecule has 2 N–H and O–H groups in total. The normalized spacial score (nSPS) is 12.6. The monoisotopic (exact) mass is 261 g/mol. The molecule has 0 saturated carbocycles. The van der Waals surface area contributed by atoms with Gasteiger partial charge < -0.3 is 10.2 Å². The van der Waals surface area contributed by atoms with Crippen molar-refractivity contribution in [3.05, 3.63) is 54.0 Å². The number of benzene rings is 1. The first kappa shape index (κ1) is 13.2. The number of rotatable bonds is 6. The fourth-order valence-electron chi connectivity index (χ4n) is 1.78. The van der Waals surface area contributed by atoms with E-state index in [1.54, 1.807) is 6.26 Å². The van der Waals surface area contributed by atoms with Gasteiger partial charge in [-0.3, -0.25) is 0 Å². The molecule has 2 rings (SSSR count). The van der Waals surface area contributed by atoms with E-state index < -0.39 is 0 Å². The molecule has 0 spiro atoms. The zero-order valence-electron chi connectivity index (χ0n) is 10.6. The summed E-state index contributed by atoms with van der Waals surface area (Å²) in [6, 6.07) is 12.7. The summed E-state index contributed by atoms with van der Waals surface area (Å²) in [7, 11) is 0. The molecule has 0 aliphatic carbocycles. The molecular weight excluding hydrogens is 242 g/mol. The van der Waals surface area contributed by atoms with Gasteiger partial charge in [-0.15, -0.1) is 11.8 Å². The largest absolute Gasteiger partial charge is 0.468 e. The van der Waals surface area contributed by atoms with Crippen molar-refractivity contribution < 1.29 is 4.42 Å². The lowest BCUT2D eigenvalue weighted by Crippen LogP contribution is -2.21. The van der Waals surface area contributed by atoms with Gasteiger partial charge in [-0.05, 0) is 36.6 Å². The Balaban J connectivity index is 2.02. The fraction of sp³-hybridized carbons (Fsp3) is 0.333. The van der Waals surface area contributed by atoms with Crippen LogP contribution in [0.5, 0.6) is 0 Å². The minimum absolute atomic E-state index is 0.246. The van der Waals surface area contributed by atoms with E-state index in [-0.39, 0.29) is 6.04 Å². The molecule has 18 heavy (non-hydrogen) atoms. The molecule has 0 aliphatic heterocycles. The van der Waals surface area contributed by atoms with Gasteiger partial charge in [0.25, 0.3) is 0 Å². The van der Waals surface area contributed by atoms with Crippen molar-refractivity contribution in [2.45, 2.75) is 36.5 Å². The molecular formula is C15H19NOS. The Morgan fingerprint density at radius 3 is 2.78 bits per heavy atom. The summed E-state index contributed by atoms with van der Waals surface area (Å²) in [5.74, 6) is 1.88. The third kappa shape index (κ3) is 3.65. The molecule has 0 radical (unpaired) electrons. The molecule has 3 heteroatoms. The fourth-order valence-corrected chi connectivity index (χ4v) is 2.76. The molecule has 0 amide bonds. The maximum atomic E-state index is 6.04. The number of hydrogen-bond donors (Lipinski definition) is 1. The molecule has 1 aromatic carbocycles. The minimum Gasteiger partial charge on any atom is -0.468 e. The van der Waals surface area contributed by atoms with Crippen LogP contribution in [0.4, 0.5) is 0 Å². The van der Waals surface area contributed by atoms with Crippen LogP contribution in [0.15, 0.2) is 52.0 Å². The van der Waals surface area contributed by atoms with Crippen molar-refractivity contribution in [3.8, 4) is 0 Å². The van der Waals surface area contributed by atoms with E-state index in [0.717, 1.165) is 24.4 Å². The standard InChI is InChI=1S/C15H19NOS/c1-2-13(16)10-12-6-3-4-8-15(12)18-11-14-7-5-9-17-14/h3-9,13H,2,10-11,16H2,1H3. The lowest BCUT2D eigenvalue weighted by Gasteiger charge is -2.12. The topological polar surface area (TPSA) is 39.2 Å². The maximum Gasteiger partial charge on any atom is 0.113 e. The van der Waals surface area contributed by atoms with E-state index in [9.17, 15) is 0 Å². The average Bonchev–Trinajstić information content (AvgIpc) is 2.91. The Hall–Kier alpha value is -1.19. The van der Waals surface area contributed by atoms with Crippen LogP contribution in [-0.2, 0) is 12.2 Å². The van der Waals surface area contributed by atoms with Gasteiger partial charge in [0.05, 0.1) is 12.0 Å². The molecule has 0 fully saturated rings. The zero-order chi connectivity index (χ0) is 12.8. The summed E-state index contributed by atoms with van der Waals surface area (Å²) in [6.45, 7) is 2.13. The van der Waals surface area contributed by atoms with Crippen molar-refractivity contribution >= 4 is 11.8 Å². The smallest absolute Gasteiger partial charge is 0.113 e. The van der Waals surface area contributed by atoms with Crippen molar-refractivity contribution in [2.24, 2.45) is 5.73 Å². The molecule has 1 unspecified atom stereocenters. The van der Waals surface area contributed by atoms with Crippen LogP contribution in [0, 0.1) is 0 Å². The van der Waals surface area contributed by atoms with Crippen LogP contribution in [0.3, 0.4) is 0 Å². The lowest BCUT2D eigenvalue weighted by molar-refractivity contribution is 0.530. The van der Waals surface area contributed by atoms with Crippen molar-refractivity contribution in [1.29, 1.82) is 0 Å². The highest BCUT2D eigenvalue weighted by atomic mass is 32.2. The quantitative estimate of drug-likeness (QED) is 0.803. The predicted molar refractivity (Wildman–Crippen MR) is 76.7 cm³/mol. The summed E-state index contributed by atoms with van der Waals surface area (Å²) in [5, 5.41) is 0. The molecule has 96 valence electrons. The summed E-state index contributed by atoms with van der Waals surface area (Å²) in [5.41, 5.74) is 7.37. The number of hydrogen-bond acceptors (Lipinski definition) is 3. The van der Waals surface area contributed by atoms with Crippen LogP contribution in [0.1, 0.15) is 24.7 Å². The van der Waals surface area contributed by atoms with Gasteiger partial charge in [-0.25, -0.2) is 0 Å². The second kappa shape index (κ2) is 6.66. The predicted octanol–water partition coefficient (Wildman–Crippen LogP) is 3.85. The van der Waals surface area contributed by atoms with Crippen LogP contribution >= 0.6 is 11.8 Å². The van der Waals surface area contributed by atoms with Gasteiger partial charge in [-0.2, -0.15) is 0 Å². The maximum absolute atomic E-state index is 6.04. The van der Waals surface area contributed by atoms with Crippen LogP contribution in [-0.4, -0.2) is 6.04 Å². The van der Waals surface area contributed by atoms with Crippen molar-refractivity contribution in [2.75, 3.05) is 0 Å². The van der Waals surface area contributed by atoms with Crippen LogP contribution < -0.4 is 5.73 Å². The average molecular weight is 261 g/mol. The van der Waals surface area contributed by atoms with Crippen LogP contribution in [0.25, 0.3) is 0 Å². The zero-order valence-corrected chi connectivity index (χ0v) is 11.5. The molecule has 1 heterocycles. The summed E-state index contributed by atoms with van der Waals surface area (Å²) < 4.78 is 5.35. The molecule has 0 aliphatic rings. The lowest BCUT2D eigenvalue weighted by atomic mass is 10.1. The van der Waals surface area contributed by atoms with Gasteiger partial charge in [0, 0.05) is 10.9 Å². The SMILES string of the molecule is CCC(N)Cc1ccccc1SCc1ccco1.